The van der Waals surface area contributed by atoms with Gasteiger partial charge >= 0.3 is 0 Å². The topological polar surface area (TPSA) is 70.6 Å². The van der Waals surface area contributed by atoms with Gasteiger partial charge in [-0.15, -0.1) is 0 Å². The van der Waals surface area contributed by atoms with Gasteiger partial charge in [-0.1, -0.05) is 30.3 Å². The third-order valence-electron chi connectivity index (χ3n) is 4.78. The number of nitrogens with zero attached hydrogens (tertiary/aromatic N) is 1. The highest BCUT2D eigenvalue weighted by molar-refractivity contribution is 6.20. The normalized spacial score (nSPS) is 15.3. The zero-order chi connectivity index (χ0) is 23.9. The maximum atomic E-state index is 14.5. The van der Waals surface area contributed by atoms with Gasteiger partial charge in [0.1, 0.15) is 11.4 Å². The molecule has 0 radical (unpaired) electrons. The molecule has 168 valence electrons. The van der Waals surface area contributed by atoms with Crippen LogP contribution in [-0.2, 0) is 4.79 Å². The molecule has 4 rings (SSSR count). The molecule has 5 nitrogen and oxygen atoms in total. The van der Waals surface area contributed by atoms with Crippen LogP contribution < -0.4 is 10.6 Å². The van der Waals surface area contributed by atoms with Crippen molar-refractivity contribution in [3.63, 3.8) is 0 Å². The lowest BCUT2D eigenvalue weighted by atomic mass is 10.0. The average Bonchev–Trinajstić information content (AvgIpc) is 2.93. The minimum atomic E-state index is -2.44. The van der Waals surface area contributed by atoms with Gasteiger partial charge in [-0.2, -0.15) is 0 Å². The Kier molecular flexibility index (Phi) is 5.62. The number of anilines is 1. The quantitative estimate of drug-likeness (QED) is 0.349. The summed E-state index contributed by atoms with van der Waals surface area (Å²) in [7, 11) is 0. The molecule has 0 saturated heterocycles. The summed E-state index contributed by atoms with van der Waals surface area (Å²) in [5, 5.41) is 4.26. The van der Waals surface area contributed by atoms with Crippen molar-refractivity contribution in [1.82, 2.24) is 5.32 Å². The van der Waals surface area contributed by atoms with E-state index in [1.807, 2.05) is 5.32 Å². The molecule has 2 amide bonds. The molecule has 3 aromatic rings. The molecule has 33 heavy (non-hydrogen) atoms. The Morgan fingerprint density at radius 2 is 1.33 bits per heavy atom. The van der Waals surface area contributed by atoms with Gasteiger partial charge in [-0.05, 0) is 18.2 Å². The molecule has 1 atom stereocenters. The predicted molar refractivity (Wildman–Crippen MR) is 105 cm³/mol. The Morgan fingerprint density at radius 3 is 1.97 bits per heavy atom. The fourth-order valence-electron chi connectivity index (χ4n) is 3.22. The van der Waals surface area contributed by atoms with Gasteiger partial charge in [0.2, 0.25) is 12.0 Å². The number of para-hydroxylation sites is 1. The molecule has 0 aromatic heterocycles. The molecule has 1 heterocycles. The summed E-state index contributed by atoms with van der Waals surface area (Å²) in [5.41, 5.74) is -1.48. The number of carbonyl (C=O) groups excluding carboxylic acids is 2. The molecule has 2 N–H and O–H groups in total. The van der Waals surface area contributed by atoms with Gasteiger partial charge in [0.15, 0.2) is 23.3 Å². The first-order chi connectivity index (χ1) is 15.7. The van der Waals surface area contributed by atoms with Gasteiger partial charge in [0, 0.05) is 11.1 Å². The van der Waals surface area contributed by atoms with Crippen molar-refractivity contribution < 1.29 is 35.9 Å². The van der Waals surface area contributed by atoms with Crippen molar-refractivity contribution in [2.75, 3.05) is 5.32 Å². The standard InChI is InChI=1S/C22H11F6N3O2/c23-11-7-3-1-5-9(11)19-10-6-2-4-8-12(10)29-22(33)20(30-19)31-21(32)13-14(24)16(26)18(28)17(27)15(13)25/h1-8,20H,(H,29,33)(H,31,32). The van der Waals surface area contributed by atoms with Crippen LogP contribution in [-0.4, -0.2) is 23.7 Å². The maximum Gasteiger partial charge on any atom is 0.269 e. The van der Waals surface area contributed by atoms with Crippen LogP contribution in [0.3, 0.4) is 0 Å². The Morgan fingerprint density at radius 1 is 0.788 bits per heavy atom. The van der Waals surface area contributed by atoms with E-state index in [0.29, 0.717) is 0 Å². The second-order valence-corrected chi connectivity index (χ2v) is 6.81. The van der Waals surface area contributed by atoms with Crippen molar-refractivity contribution in [3.05, 3.63) is 100 Å². The van der Waals surface area contributed by atoms with E-state index in [2.05, 4.69) is 10.3 Å². The first-order valence-corrected chi connectivity index (χ1v) is 9.26. The van der Waals surface area contributed by atoms with E-state index in [1.165, 1.54) is 30.3 Å². The largest absolute Gasteiger partial charge is 0.322 e. The first-order valence-electron chi connectivity index (χ1n) is 9.26. The van der Waals surface area contributed by atoms with Gasteiger partial charge in [0.05, 0.1) is 11.4 Å². The van der Waals surface area contributed by atoms with Crippen LogP contribution in [0.2, 0.25) is 0 Å². The van der Waals surface area contributed by atoms with Gasteiger partial charge in [-0.3, -0.25) is 9.59 Å². The monoisotopic (exact) mass is 463 g/mol. The number of benzodiazepines with no additional fused rings is 1. The second kappa shape index (κ2) is 8.41. The molecule has 11 heteroatoms. The molecular weight excluding hydrogens is 452 g/mol. The maximum absolute atomic E-state index is 14.5. The smallest absolute Gasteiger partial charge is 0.269 e. The van der Waals surface area contributed by atoms with Crippen LogP contribution in [0, 0.1) is 34.9 Å². The van der Waals surface area contributed by atoms with Crippen LogP contribution in [0.1, 0.15) is 21.5 Å². The molecule has 0 saturated carbocycles. The summed E-state index contributed by atoms with van der Waals surface area (Å²) in [6.07, 6.45) is -1.89. The highest BCUT2D eigenvalue weighted by atomic mass is 19.2. The molecule has 0 spiro atoms. The Hall–Kier alpha value is -4.15. The Bertz CT molecular complexity index is 1310. The Balaban J connectivity index is 1.81. The number of carbonyl (C=O) groups is 2. The fraction of sp³-hybridized carbons (Fsp3) is 0.0455. The number of rotatable bonds is 3. The summed E-state index contributed by atoms with van der Waals surface area (Å²) < 4.78 is 82.8. The molecule has 1 unspecified atom stereocenters. The van der Waals surface area contributed by atoms with Crippen LogP contribution >= 0.6 is 0 Å². The van der Waals surface area contributed by atoms with Crippen LogP contribution in [0.5, 0.6) is 0 Å². The lowest BCUT2D eigenvalue weighted by Crippen LogP contribution is -2.43. The third-order valence-corrected chi connectivity index (χ3v) is 4.78. The van der Waals surface area contributed by atoms with Crippen molar-refractivity contribution in [1.29, 1.82) is 0 Å². The van der Waals surface area contributed by atoms with Gasteiger partial charge in [-0.25, -0.2) is 31.3 Å². The van der Waals surface area contributed by atoms with Gasteiger partial charge < -0.3 is 10.6 Å². The summed E-state index contributed by atoms with van der Waals surface area (Å²) in [6, 6.07) is 11.5. The van der Waals surface area contributed by atoms with E-state index >= 15 is 0 Å². The minimum absolute atomic E-state index is 0.0584. The molecule has 1 aliphatic heterocycles. The zero-order valence-electron chi connectivity index (χ0n) is 16.2. The number of nitrogens with one attached hydrogen (secondary N) is 2. The molecule has 1 aliphatic rings. The van der Waals surface area contributed by atoms with Crippen LogP contribution in [0.15, 0.2) is 53.5 Å². The SMILES string of the molecule is O=C(NC1N=C(c2ccccc2F)c2ccccc2NC1=O)c1c(F)c(F)c(F)c(F)c1F. The number of aliphatic imine (C=N–C) groups is 1. The highest BCUT2D eigenvalue weighted by Crippen LogP contribution is 2.26. The molecule has 0 fully saturated rings. The third kappa shape index (κ3) is 3.81. The number of halogens is 6. The Labute approximate surface area is 181 Å². The van der Waals surface area contributed by atoms with Crippen molar-refractivity contribution in [2.24, 2.45) is 4.99 Å². The predicted octanol–water partition coefficient (Wildman–Crippen LogP) is 4.07. The van der Waals surface area contributed by atoms with E-state index in [1.54, 1.807) is 12.1 Å². The first kappa shape index (κ1) is 22.1. The molecule has 0 aliphatic carbocycles. The summed E-state index contributed by atoms with van der Waals surface area (Å²) in [5.74, 6) is -15.3. The number of amides is 2. The lowest BCUT2D eigenvalue weighted by molar-refractivity contribution is -0.117. The highest BCUT2D eigenvalue weighted by Gasteiger charge is 2.33. The second-order valence-electron chi connectivity index (χ2n) is 6.81. The molecular formula is C22H11F6N3O2. The zero-order valence-corrected chi connectivity index (χ0v) is 16.2. The number of hydrogen-bond donors (Lipinski definition) is 2. The van der Waals surface area contributed by atoms with Crippen molar-refractivity contribution >= 4 is 23.2 Å². The van der Waals surface area contributed by atoms with E-state index in [4.69, 9.17) is 0 Å². The lowest BCUT2D eigenvalue weighted by Gasteiger charge is -2.15. The number of fused-ring (bicyclic) bond motifs is 1. The average molecular weight is 463 g/mol. The summed E-state index contributed by atoms with van der Waals surface area (Å²) >= 11 is 0. The molecule has 3 aromatic carbocycles. The number of benzene rings is 3. The van der Waals surface area contributed by atoms with E-state index in [0.717, 1.165) is 6.07 Å². The van der Waals surface area contributed by atoms with Crippen molar-refractivity contribution in [2.45, 2.75) is 6.17 Å². The van der Waals surface area contributed by atoms with Crippen LogP contribution in [0.4, 0.5) is 32.0 Å². The van der Waals surface area contributed by atoms with E-state index < -0.39 is 58.4 Å². The summed E-state index contributed by atoms with van der Waals surface area (Å²) in [6.45, 7) is 0. The fourth-order valence-corrected chi connectivity index (χ4v) is 3.22. The van der Waals surface area contributed by atoms with Gasteiger partial charge in [0.25, 0.3) is 11.8 Å². The van der Waals surface area contributed by atoms with E-state index in [-0.39, 0.29) is 22.5 Å². The van der Waals surface area contributed by atoms with Crippen molar-refractivity contribution in [3.8, 4) is 0 Å². The van der Waals surface area contributed by atoms with Crippen LogP contribution in [0.25, 0.3) is 0 Å². The minimum Gasteiger partial charge on any atom is -0.322 e. The summed E-state index contributed by atoms with van der Waals surface area (Å²) in [4.78, 5) is 29.1. The number of hydrogen-bond acceptors (Lipinski definition) is 3. The molecule has 0 bridgehead atoms. The van der Waals surface area contributed by atoms with E-state index in [9.17, 15) is 35.9 Å².